The van der Waals surface area contributed by atoms with E-state index in [-0.39, 0.29) is 0 Å². The zero-order valence-corrected chi connectivity index (χ0v) is 10.3. The third-order valence-corrected chi connectivity index (χ3v) is 3.30. The van der Waals surface area contributed by atoms with E-state index in [4.69, 9.17) is 17.3 Å². The first-order valence-corrected chi connectivity index (χ1v) is 6.00. The van der Waals surface area contributed by atoms with Crippen LogP contribution in [0.2, 0.25) is 5.02 Å². The highest BCUT2D eigenvalue weighted by Gasteiger charge is 2.01. The Hall–Kier alpha value is -1.19. The maximum absolute atomic E-state index is 5.91. The Morgan fingerprint density at radius 2 is 2.12 bits per heavy atom. The Balaban J connectivity index is 2.24. The molecule has 16 heavy (non-hydrogen) atoms. The van der Waals surface area contributed by atoms with Gasteiger partial charge < -0.3 is 5.73 Å². The van der Waals surface area contributed by atoms with Crippen LogP contribution in [-0.4, -0.2) is 4.98 Å². The van der Waals surface area contributed by atoms with Crippen LogP contribution in [0, 0.1) is 6.92 Å². The minimum atomic E-state index is 0.727. The van der Waals surface area contributed by atoms with Crippen LogP contribution < -0.4 is 5.73 Å². The Bertz CT molecular complexity index is 514. The van der Waals surface area contributed by atoms with E-state index in [0.29, 0.717) is 0 Å². The average Bonchev–Trinajstić information content (AvgIpc) is 2.24. The van der Waals surface area contributed by atoms with Gasteiger partial charge in [-0.1, -0.05) is 29.4 Å². The van der Waals surface area contributed by atoms with Crippen molar-refractivity contribution in [3.05, 3.63) is 47.1 Å². The van der Waals surface area contributed by atoms with Crippen LogP contribution in [-0.2, 0) is 0 Å². The van der Waals surface area contributed by atoms with Gasteiger partial charge in [-0.25, -0.2) is 4.98 Å². The fourth-order valence-corrected chi connectivity index (χ4v) is 2.35. The smallest absolute Gasteiger partial charge is 0.103 e. The van der Waals surface area contributed by atoms with E-state index in [9.17, 15) is 0 Å². The second kappa shape index (κ2) is 4.76. The number of benzene rings is 1. The van der Waals surface area contributed by atoms with E-state index in [1.165, 1.54) is 0 Å². The number of rotatable bonds is 2. The van der Waals surface area contributed by atoms with E-state index in [1.54, 1.807) is 18.0 Å². The number of nitrogens with zero attached hydrogens (tertiary/aromatic N) is 1. The van der Waals surface area contributed by atoms with Crippen LogP contribution in [0.4, 0.5) is 5.69 Å². The highest BCUT2D eigenvalue weighted by molar-refractivity contribution is 7.99. The highest BCUT2D eigenvalue weighted by atomic mass is 35.5. The number of nitrogen functional groups attached to an aromatic ring is 1. The van der Waals surface area contributed by atoms with Crippen molar-refractivity contribution in [3.8, 4) is 0 Å². The minimum absolute atomic E-state index is 0.727. The van der Waals surface area contributed by atoms with Gasteiger partial charge in [-0.2, -0.15) is 0 Å². The maximum atomic E-state index is 5.91. The number of aromatic nitrogens is 1. The van der Waals surface area contributed by atoms with Crippen LogP contribution >= 0.6 is 23.4 Å². The molecule has 0 bridgehead atoms. The van der Waals surface area contributed by atoms with Gasteiger partial charge in [-0.3, -0.25) is 0 Å². The lowest BCUT2D eigenvalue weighted by atomic mass is 10.3. The largest absolute Gasteiger partial charge is 0.398 e. The Morgan fingerprint density at radius 3 is 2.81 bits per heavy atom. The van der Waals surface area contributed by atoms with Crippen LogP contribution in [0.15, 0.2) is 46.5 Å². The molecule has 1 aromatic heterocycles. The molecular weight excluding hydrogens is 240 g/mol. The minimum Gasteiger partial charge on any atom is -0.398 e. The molecule has 1 heterocycles. The predicted octanol–water partition coefficient (Wildman–Crippen LogP) is 3.78. The summed E-state index contributed by atoms with van der Waals surface area (Å²) in [6.07, 6.45) is 1.78. The molecule has 0 amide bonds. The fraction of sp³-hybridized carbons (Fsp3) is 0.0833. The van der Waals surface area contributed by atoms with Crippen molar-refractivity contribution in [2.45, 2.75) is 16.8 Å². The van der Waals surface area contributed by atoms with Gasteiger partial charge >= 0.3 is 0 Å². The SMILES string of the molecule is Cc1cnc(Sc2cccc(Cl)c2)cc1N. The molecule has 0 atom stereocenters. The molecule has 2 aromatic rings. The predicted molar refractivity (Wildman–Crippen MR) is 69.0 cm³/mol. The van der Waals surface area contributed by atoms with E-state index in [2.05, 4.69) is 4.98 Å². The highest BCUT2D eigenvalue weighted by Crippen LogP contribution is 2.29. The molecule has 2 rings (SSSR count). The summed E-state index contributed by atoms with van der Waals surface area (Å²) in [5.74, 6) is 0. The second-order valence-corrected chi connectivity index (χ2v) is 4.97. The van der Waals surface area contributed by atoms with Gasteiger partial charge in [0.25, 0.3) is 0 Å². The molecule has 82 valence electrons. The Morgan fingerprint density at radius 1 is 1.31 bits per heavy atom. The summed E-state index contributed by atoms with van der Waals surface area (Å²) in [5.41, 5.74) is 7.58. The molecule has 0 aliphatic carbocycles. The van der Waals surface area contributed by atoms with Crippen LogP contribution in [0.3, 0.4) is 0 Å². The lowest BCUT2D eigenvalue weighted by Crippen LogP contribution is -1.91. The molecule has 0 aliphatic rings. The van der Waals surface area contributed by atoms with E-state index < -0.39 is 0 Å². The number of pyridine rings is 1. The molecule has 0 unspecified atom stereocenters. The van der Waals surface area contributed by atoms with Gasteiger partial charge in [-0.05, 0) is 36.8 Å². The zero-order valence-electron chi connectivity index (χ0n) is 8.77. The summed E-state index contributed by atoms with van der Waals surface area (Å²) in [6, 6.07) is 9.55. The van der Waals surface area contributed by atoms with E-state index in [1.807, 2.05) is 37.3 Å². The Kier molecular flexibility index (Phi) is 3.36. The van der Waals surface area contributed by atoms with Gasteiger partial charge in [0.05, 0.1) is 0 Å². The van der Waals surface area contributed by atoms with Crippen LogP contribution in [0.25, 0.3) is 0 Å². The second-order valence-electron chi connectivity index (χ2n) is 3.44. The molecule has 0 spiro atoms. The maximum Gasteiger partial charge on any atom is 0.103 e. The fourth-order valence-electron chi connectivity index (χ4n) is 1.23. The quantitative estimate of drug-likeness (QED) is 0.882. The van der Waals surface area contributed by atoms with Crippen molar-refractivity contribution in [1.82, 2.24) is 4.98 Å². The topological polar surface area (TPSA) is 38.9 Å². The van der Waals surface area contributed by atoms with Gasteiger partial charge in [0, 0.05) is 21.8 Å². The van der Waals surface area contributed by atoms with Crippen molar-refractivity contribution >= 4 is 29.1 Å². The van der Waals surface area contributed by atoms with Crippen molar-refractivity contribution in [2.24, 2.45) is 0 Å². The first kappa shape index (κ1) is 11.3. The summed E-state index contributed by atoms with van der Waals surface area (Å²) in [4.78, 5) is 5.36. The molecule has 0 saturated heterocycles. The molecule has 0 saturated carbocycles. The van der Waals surface area contributed by atoms with E-state index >= 15 is 0 Å². The summed E-state index contributed by atoms with van der Waals surface area (Å²) in [5, 5.41) is 1.61. The van der Waals surface area contributed by atoms with E-state index in [0.717, 1.165) is 26.2 Å². The molecular formula is C12H11ClN2S. The molecule has 0 radical (unpaired) electrons. The number of anilines is 1. The molecule has 4 heteroatoms. The summed E-state index contributed by atoms with van der Waals surface area (Å²) < 4.78 is 0. The van der Waals surface area contributed by atoms with Crippen LogP contribution in [0.1, 0.15) is 5.56 Å². The van der Waals surface area contributed by atoms with Crippen molar-refractivity contribution in [3.63, 3.8) is 0 Å². The van der Waals surface area contributed by atoms with Crippen molar-refractivity contribution in [2.75, 3.05) is 5.73 Å². The summed E-state index contributed by atoms with van der Waals surface area (Å²) in [7, 11) is 0. The van der Waals surface area contributed by atoms with Gasteiger partial charge in [0.1, 0.15) is 5.03 Å². The average molecular weight is 251 g/mol. The first-order valence-electron chi connectivity index (χ1n) is 4.81. The van der Waals surface area contributed by atoms with Gasteiger partial charge in [0.15, 0.2) is 0 Å². The van der Waals surface area contributed by atoms with Crippen molar-refractivity contribution < 1.29 is 0 Å². The third-order valence-electron chi connectivity index (χ3n) is 2.14. The third kappa shape index (κ3) is 2.68. The van der Waals surface area contributed by atoms with Crippen LogP contribution in [0.5, 0.6) is 0 Å². The summed E-state index contributed by atoms with van der Waals surface area (Å²) in [6.45, 7) is 1.94. The number of halogens is 1. The number of hydrogen-bond donors (Lipinski definition) is 1. The summed E-state index contributed by atoms with van der Waals surface area (Å²) >= 11 is 7.46. The molecule has 0 aliphatic heterocycles. The number of aryl methyl sites for hydroxylation is 1. The van der Waals surface area contributed by atoms with Crippen molar-refractivity contribution in [1.29, 1.82) is 0 Å². The lowest BCUT2D eigenvalue weighted by Gasteiger charge is -2.04. The normalized spacial score (nSPS) is 10.4. The Labute approximate surface area is 104 Å². The van der Waals surface area contributed by atoms with Gasteiger partial charge in [-0.15, -0.1) is 0 Å². The monoisotopic (exact) mass is 250 g/mol. The van der Waals surface area contributed by atoms with Gasteiger partial charge in [0.2, 0.25) is 0 Å². The first-order chi connectivity index (χ1) is 7.65. The number of hydrogen-bond acceptors (Lipinski definition) is 3. The molecule has 2 N–H and O–H groups in total. The molecule has 2 nitrogen and oxygen atoms in total. The molecule has 0 fully saturated rings. The standard InChI is InChI=1S/C12H11ClN2S/c1-8-7-15-12(6-11(8)14)16-10-4-2-3-9(13)5-10/h2-7H,1H3,(H2,14,15). The zero-order chi connectivity index (χ0) is 11.5. The molecule has 1 aromatic carbocycles. The lowest BCUT2D eigenvalue weighted by molar-refractivity contribution is 1.11. The number of nitrogens with two attached hydrogens (primary N) is 1.